The van der Waals surface area contributed by atoms with Gasteiger partial charge in [0.05, 0.1) is 17.4 Å². The summed E-state index contributed by atoms with van der Waals surface area (Å²) in [6.45, 7) is 1.85. The summed E-state index contributed by atoms with van der Waals surface area (Å²) in [7, 11) is 0. The second-order valence-corrected chi connectivity index (χ2v) is 4.30. The largest absolute Gasteiger partial charge is 0.322 e. The van der Waals surface area contributed by atoms with E-state index < -0.39 is 0 Å². The molecule has 7 nitrogen and oxygen atoms in total. The predicted octanol–water partition coefficient (Wildman–Crippen LogP) is 1.56. The van der Waals surface area contributed by atoms with Gasteiger partial charge < -0.3 is 5.73 Å². The molecular formula is C13H14ClN7. The third kappa shape index (κ3) is 3.04. The summed E-state index contributed by atoms with van der Waals surface area (Å²) in [5.41, 5.74) is 7.37. The lowest BCUT2D eigenvalue weighted by atomic mass is 10.2. The number of nitrogens with two attached hydrogens (primary N) is 1. The number of pyridine rings is 1. The summed E-state index contributed by atoms with van der Waals surface area (Å²) in [6, 6.07) is 7.23. The van der Waals surface area contributed by atoms with E-state index >= 15 is 0 Å². The standard InChI is InChI=1S/C13H13N7.ClH/c1-9(14)13-18-8-19-20(13)12-6-11(16-7-17-12)10-4-2-3-5-15-10;/h2-9H,14H2,1H3;1H. The molecule has 0 aliphatic carbocycles. The number of rotatable bonds is 3. The van der Waals surface area contributed by atoms with Crippen LogP contribution in [0.3, 0.4) is 0 Å². The third-order valence-corrected chi connectivity index (χ3v) is 2.78. The average molecular weight is 304 g/mol. The van der Waals surface area contributed by atoms with Crippen LogP contribution >= 0.6 is 12.4 Å². The van der Waals surface area contributed by atoms with Gasteiger partial charge in [0.2, 0.25) is 0 Å². The molecule has 3 heterocycles. The summed E-state index contributed by atoms with van der Waals surface area (Å²) in [6.07, 6.45) is 4.66. The molecule has 0 fully saturated rings. The van der Waals surface area contributed by atoms with Gasteiger partial charge >= 0.3 is 0 Å². The monoisotopic (exact) mass is 303 g/mol. The molecule has 0 amide bonds. The zero-order chi connectivity index (χ0) is 13.9. The fourth-order valence-electron chi connectivity index (χ4n) is 1.85. The van der Waals surface area contributed by atoms with Gasteiger partial charge in [0, 0.05) is 12.3 Å². The van der Waals surface area contributed by atoms with Crippen molar-refractivity contribution in [1.29, 1.82) is 0 Å². The van der Waals surface area contributed by atoms with E-state index in [1.165, 1.54) is 12.7 Å². The van der Waals surface area contributed by atoms with E-state index in [2.05, 4.69) is 25.0 Å². The molecule has 0 aliphatic rings. The fourth-order valence-corrected chi connectivity index (χ4v) is 1.85. The van der Waals surface area contributed by atoms with Crippen LogP contribution in [0.2, 0.25) is 0 Å². The van der Waals surface area contributed by atoms with E-state index in [-0.39, 0.29) is 18.4 Å². The van der Waals surface area contributed by atoms with Gasteiger partial charge in [-0.3, -0.25) is 4.98 Å². The summed E-state index contributed by atoms with van der Waals surface area (Å²) in [4.78, 5) is 16.9. The highest BCUT2D eigenvalue weighted by molar-refractivity contribution is 5.85. The van der Waals surface area contributed by atoms with E-state index in [0.717, 1.165) is 11.4 Å². The van der Waals surface area contributed by atoms with Crippen molar-refractivity contribution in [3.8, 4) is 17.2 Å². The normalized spacial score (nSPS) is 11.7. The van der Waals surface area contributed by atoms with Crippen LogP contribution in [-0.2, 0) is 0 Å². The number of aromatic nitrogens is 6. The lowest BCUT2D eigenvalue weighted by Gasteiger charge is -2.08. The van der Waals surface area contributed by atoms with Gasteiger partial charge in [0.15, 0.2) is 11.6 Å². The van der Waals surface area contributed by atoms with Crippen LogP contribution < -0.4 is 5.73 Å². The first-order valence-electron chi connectivity index (χ1n) is 6.15. The van der Waals surface area contributed by atoms with Crippen molar-refractivity contribution in [2.45, 2.75) is 13.0 Å². The van der Waals surface area contributed by atoms with Crippen molar-refractivity contribution in [3.05, 3.63) is 48.9 Å². The van der Waals surface area contributed by atoms with Crippen molar-refractivity contribution in [2.75, 3.05) is 0 Å². The van der Waals surface area contributed by atoms with E-state index in [1.54, 1.807) is 10.9 Å². The van der Waals surface area contributed by atoms with Gasteiger partial charge in [0.1, 0.15) is 12.7 Å². The lowest BCUT2D eigenvalue weighted by Crippen LogP contribution is -2.14. The Morgan fingerprint density at radius 1 is 1.05 bits per heavy atom. The molecular weight excluding hydrogens is 290 g/mol. The van der Waals surface area contributed by atoms with E-state index in [9.17, 15) is 0 Å². The van der Waals surface area contributed by atoms with Crippen LogP contribution in [0, 0.1) is 0 Å². The van der Waals surface area contributed by atoms with Crippen LogP contribution in [0.1, 0.15) is 18.8 Å². The zero-order valence-corrected chi connectivity index (χ0v) is 12.1. The highest BCUT2D eigenvalue weighted by atomic mass is 35.5. The Bertz CT molecular complexity index is 711. The molecule has 0 bridgehead atoms. The van der Waals surface area contributed by atoms with Crippen molar-refractivity contribution < 1.29 is 0 Å². The molecule has 108 valence electrons. The van der Waals surface area contributed by atoms with Crippen LogP contribution in [0.5, 0.6) is 0 Å². The Kier molecular flexibility index (Phi) is 4.56. The Hall–Kier alpha value is -2.38. The summed E-state index contributed by atoms with van der Waals surface area (Å²) in [5, 5.41) is 4.16. The molecule has 3 aromatic heterocycles. The van der Waals surface area contributed by atoms with Crippen molar-refractivity contribution in [2.24, 2.45) is 5.73 Å². The molecule has 3 rings (SSSR count). The maximum absolute atomic E-state index is 5.87. The van der Waals surface area contributed by atoms with Gasteiger partial charge in [-0.2, -0.15) is 9.78 Å². The van der Waals surface area contributed by atoms with Gasteiger partial charge in [-0.1, -0.05) is 6.07 Å². The molecule has 3 aromatic rings. The maximum Gasteiger partial charge on any atom is 0.159 e. The molecule has 0 radical (unpaired) electrons. The van der Waals surface area contributed by atoms with Gasteiger partial charge in [-0.05, 0) is 19.1 Å². The highest BCUT2D eigenvalue weighted by Crippen LogP contribution is 2.17. The van der Waals surface area contributed by atoms with Gasteiger partial charge in [0.25, 0.3) is 0 Å². The second kappa shape index (κ2) is 6.38. The van der Waals surface area contributed by atoms with Crippen LogP contribution in [0.15, 0.2) is 43.1 Å². The molecule has 2 N–H and O–H groups in total. The SMILES string of the molecule is CC(N)c1ncnn1-c1cc(-c2ccccn2)ncn1.Cl. The average Bonchev–Trinajstić information content (AvgIpc) is 2.98. The van der Waals surface area contributed by atoms with E-state index in [0.29, 0.717) is 11.6 Å². The Morgan fingerprint density at radius 2 is 1.90 bits per heavy atom. The summed E-state index contributed by atoms with van der Waals surface area (Å²) >= 11 is 0. The minimum Gasteiger partial charge on any atom is -0.322 e. The summed E-state index contributed by atoms with van der Waals surface area (Å²) in [5.74, 6) is 1.26. The van der Waals surface area contributed by atoms with Crippen LogP contribution in [0.25, 0.3) is 17.2 Å². The Morgan fingerprint density at radius 3 is 2.62 bits per heavy atom. The van der Waals surface area contributed by atoms with E-state index in [1.807, 2.05) is 31.2 Å². The molecule has 8 heteroatoms. The quantitative estimate of drug-likeness (QED) is 0.789. The van der Waals surface area contributed by atoms with E-state index in [4.69, 9.17) is 5.73 Å². The molecule has 1 atom stereocenters. The minimum absolute atomic E-state index is 0. The first kappa shape index (κ1) is 15.0. The van der Waals surface area contributed by atoms with Gasteiger partial charge in [-0.15, -0.1) is 12.4 Å². The molecule has 0 aromatic carbocycles. The molecule has 0 spiro atoms. The summed E-state index contributed by atoms with van der Waals surface area (Å²) < 4.78 is 1.61. The lowest BCUT2D eigenvalue weighted by molar-refractivity contribution is 0.680. The molecule has 0 saturated carbocycles. The van der Waals surface area contributed by atoms with Crippen molar-refractivity contribution in [3.63, 3.8) is 0 Å². The third-order valence-electron chi connectivity index (χ3n) is 2.78. The predicted molar refractivity (Wildman–Crippen MR) is 80.0 cm³/mol. The molecule has 0 aliphatic heterocycles. The Balaban J connectivity index is 0.00000161. The van der Waals surface area contributed by atoms with Crippen LogP contribution in [-0.4, -0.2) is 29.7 Å². The molecule has 0 saturated heterocycles. The topological polar surface area (TPSA) is 95.4 Å². The molecule has 21 heavy (non-hydrogen) atoms. The smallest absolute Gasteiger partial charge is 0.159 e. The number of hydrogen-bond acceptors (Lipinski definition) is 6. The first-order chi connectivity index (χ1) is 9.75. The number of hydrogen-bond donors (Lipinski definition) is 1. The fraction of sp³-hybridized carbons (Fsp3) is 0.154. The minimum atomic E-state index is -0.231. The number of halogens is 1. The maximum atomic E-state index is 5.87. The number of nitrogens with zero attached hydrogens (tertiary/aromatic N) is 6. The van der Waals surface area contributed by atoms with Gasteiger partial charge in [-0.25, -0.2) is 15.0 Å². The van der Waals surface area contributed by atoms with Crippen LogP contribution in [0.4, 0.5) is 0 Å². The first-order valence-corrected chi connectivity index (χ1v) is 6.15. The van der Waals surface area contributed by atoms with Crippen molar-refractivity contribution in [1.82, 2.24) is 29.7 Å². The zero-order valence-electron chi connectivity index (χ0n) is 11.3. The molecule has 1 unspecified atom stereocenters. The second-order valence-electron chi connectivity index (χ2n) is 4.30. The Labute approximate surface area is 127 Å². The highest BCUT2D eigenvalue weighted by Gasteiger charge is 2.12. The van der Waals surface area contributed by atoms with Crippen molar-refractivity contribution >= 4 is 12.4 Å².